The second kappa shape index (κ2) is 11.9. The summed E-state index contributed by atoms with van der Waals surface area (Å²) in [4.78, 5) is 33.7. The van der Waals surface area contributed by atoms with Gasteiger partial charge in [0.15, 0.2) is 0 Å². The monoisotopic (exact) mass is 350 g/mol. The summed E-state index contributed by atoms with van der Waals surface area (Å²) in [6.07, 6.45) is 4.71. The molecule has 0 aliphatic carbocycles. The van der Waals surface area contributed by atoms with Crippen LogP contribution >= 0.6 is 0 Å². The van der Waals surface area contributed by atoms with Gasteiger partial charge in [-0.15, -0.1) is 0 Å². The van der Waals surface area contributed by atoms with Gasteiger partial charge in [-0.3, -0.25) is 25.2 Å². The van der Waals surface area contributed by atoms with E-state index in [4.69, 9.17) is 9.84 Å². The quantitative estimate of drug-likeness (QED) is 0.420. The Balaban J connectivity index is 2.29. The molecular formula is C18H26N2O5. The molecule has 0 heterocycles. The number of aliphatic carboxylic acids is 1. The summed E-state index contributed by atoms with van der Waals surface area (Å²) in [5.41, 5.74) is 4.95. The van der Waals surface area contributed by atoms with E-state index in [1.165, 1.54) is 12.8 Å². The highest BCUT2D eigenvalue weighted by Gasteiger charge is 2.08. The zero-order chi connectivity index (χ0) is 18.5. The minimum atomic E-state index is -0.954. The second-order valence-corrected chi connectivity index (χ2v) is 5.68. The number of unbranched alkanes of at least 4 members (excludes halogenated alkanes) is 3. The number of rotatable bonds is 11. The van der Waals surface area contributed by atoms with Crippen molar-refractivity contribution in [1.82, 2.24) is 10.9 Å². The molecule has 0 saturated heterocycles. The topological polar surface area (TPSA) is 105 Å². The standard InChI is InChI=1S/C18H26N2O5/c1-2-3-4-5-13-25-15-11-9-14(10-12-15)18(24)20-19-16(21)7-6-8-17(22)23/h9-12H,2-8,13H2,1H3,(H,19,21)(H,20,24)(H,22,23). The van der Waals surface area contributed by atoms with Crippen molar-refractivity contribution in [2.45, 2.75) is 51.9 Å². The number of carboxylic acid groups (broad SMARTS) is 1. The van der Waals surface area contributed by atoms with Gasteiger partial charge < -0.3 is 9.84 Å². The summed E-state index contributed by atoms with van der Waals surface area (Å²) in [6, 6.07) is 6.66. The number of hydrogen-bond donors (Lipinski definition) is 3. The summed E-state index contributed by atoms with van der Waals surface area (Å²) in [5, 5.41) is 8.50. The van der Waals surface area contributed by atoms with E-state index in [0.29, 0.717) is 17.9 Å². The van der Waals surface area contributed by atoms with Crippen molar-refractivity contribution >= 4 is 17.8 Å². The van der Waals surface area contributed by atoms with Crippen LogP contribution in [0.5, 0.6) is 5.75 Å². The first-order valence-electron chi connectivity index (χ1n) is 8.56. The van der Waals surface area contributed by atoms with Gasteiger partial charge in [0.25, 0.3) is 5.91 Å². The van der Waals surface area contributed by atoms with Crippen LogP contribution in [-0.4, -0.2) is 29.5 Å². The minimum absolute atomic E-state index is 0.0391. The van der Waals surface area contributed by atoms with Gasteiger partial charge in [0.2, 0.25) is 5.91 Å². The van der Waals surface area contributed by atoms with Crippen LogP contribution in [0, 0.1) is 0 Å². The lowest BCUT2D eigenvalue weighted by molar-refractivity contribution is -0.137. The fourth-order valence-electron chi connectivity index (χ4n) is 2.08. The van der Waals surface area contributed by atoms with Crippen molar-refractivity contribution < 1.29 is 24.2 Å². The summed E-state index contributed by atoms with van der Waals surface area (Å²) in [5.74, 6) is -1.13. The molecular weight excluding hydrogens is 324 g/mol. The Labute approximate surface area is 147 Å². The molecule has 0 aromatic heterocycles. The summed E-state index contributed by atoms with van der Waals surface area (Å²) < 4.78 is 5.60. The van der Waals surface area contributed by atoms with E-state index in [9.17, 15) is 14.4 Å². The molecule has 0 aliphatic heterocycles. The zero-order valence-electron chi connectivity index (χ0n) is 14.5. The maximum atomic E-state index is 11.9. The van der Waals surface area contributed by atoms with Gasteiger partial charge in [-0.05, 0) is 37.1 Å². The molecule has 0 saturated carbocycles. The average molecular weight is 350 g/mol. The Bertz CT molecular complexity index is 557. The number of amides is 2. The lowest BCUT2D eigenvalue weighted by Gasteiger charge is -2.09. The smallest absolute Gasteiger partial charge is 0.303 e. The zero-order valence-corrected chi connectivity index (χ0v) is 14.5. The molecule has 0 fully saturated rings. The van der Waals surface area contributed by atoms with Crippen LogP contribution in [0.2, 0.25) is 0 Å². The third-order valence-electron chi connectivity index (χ3n) is 3.49. The van der Waals surface area contributed by atoms with E-state index in [0.717, 1.165) is 12.8 Å². The number of carbonyl (C=O) groups is 3. The summed E-state index contributed by atoms with van der Waals surface area (Å²) in [6.45, 7) is 2.81. The van der Waals surface area contributed by atoms with Crippen LogP contribution in [-0.2, 0) is 9.59 Å². The number of ether oxygens (including phenoxy) is 1. The largest absolute Gasteiger partial charge is 0.494 e. The van der Waals surface area contributed by atoms with E-state index in [1.54, 1.807) is 24.3 Å². The van der Waals surface area contributed by atoms with Crippen molar-refractivity contribution in [3.63, 3.8) is 0 Å². The van der Waals surface area contributed by atoms with Gasteiger partial charge in [-0.1, -0.05) is 26.2 Å². The second-order valence-electron chi connectivity index (χ2n) is 5.68. The van der Waals surface area contributed by atoms with Gasteiger partial charge in [0.05, 0.1) is 6.61 Å². The van der Waals surface area contributed by atoms with Crippen molar-refractivity contribution in [3.05, 3.63) is 29.8 Å². The normalized spacial score (nSPS) is 10.1. The molecule has 0 bridgehead atoms. The SMILES string of the molecule is CCCCCCOc1ccc(C(=O)NNC(=O)CCCC(=O)O)cc1. The van der Waals surface area contributed by atoms with Crippen molar-refractivity contribution in [3.8, 4) is 5.75 Å². The van der Waals surface area contributed by atoms with Gasteiger partial charge in [0.1, 0.15) is 5.75 Å². The van der Waals surface area contributed by atoms with E-state index in [-0.39, 0.29) is 19.3 Å². The fraction of sp³-hybridized carbons (Fsp3) is 0.500. The molecule has 0 radical (unpaired) electrons. The summed E-state index contributed by atoms with van der Waals surface area (Å²) >= 11 is 0. The fourth-order valence-corrected chi connectivity index (χ4v) is 2.08. The van der Waals surface area contributed by atoms with E-state index in [1.807, 2.05) is 0 Å². The maximum absolute atomic E-state index is 11.9. The number of benzene rings is 1. The molecule has 0 spiro atoms. The Hall–Kier alpha value is -2.57. The lowest BCUT2D eigenvalue weighted by atomic mass is 10.2. The molecule has 1 rings (SSSR count). The van der Waals surface area contributed by atoms with Crippen LogP contribution in [0.1, 0.15) is 62.2 Å². The lowest BCUT2D eigenvalue weighted by Crippen LogP contribution is -2.41. The molecule has 1 aromatic rings. The Morgan fingerprint density at radius 2 is 1.68 bits per heavy atom. The minimum Gasteiger partial charge on any atom is -0.494 e. The molecule has 7 nitrogen and oxygen atoms in total. The van der Waals surface area contributed by atoms with Crippen LogP contribution in [0.4, 0.5) is 0 Å². The Kier molecular flexibility index (Phi) is 9.74. The number of nitrogens with one attached hydrogen (secondary N) is 2. The average Bonchev–Trinajstić information content (AvgIpc) is 2.59. The van der Waals surface area contributed by atoms with Crippen LogP contribution in [0.15, 0.2) is 24.3 Å². The summed E-state index contributed by atoms with van der Waals surface area (Å²) in [7, 11) is 0. The highest BCUT2D eigenvalue weighted by atomic mass is 16.5. The first-order valence-corrected chi connectivity index (χ1v) is 8.56. The molecule has 25 heavy (non-hydrogen) atoms. The van der Waals surface area contributed by atoms with Crippen LogP contribution in [0.25, 0.3) is 0 Å². The number of hydrogen-bond acceptors (Lipinski definition) is 4. The molecule has 7 heteroatoms. The van der Waals surface area contributed by atoms with Gasteiger partial charge in [-0.2, -0.15) is 0 Å². The number of carboxylic acids is 1. The first-order chi connectivity index (χ1) is 12.0. The van der Waals surface area contributed by atoms with E-state index in [2.05, 4.69) is 17.8 Å². The van der Waals surface area contributed by atoms with E-state index < -0.39 is 17.8 Å². The van der Waals surface area contributed by atoms with Crippen molar-refractivity contribution in [2.75, 3.05) is 6.61 Å². The Morgan fingerprint density at radius 1 is 0.960 bits per heavy atom. The number of hydrazine groups is 1. The molecule has 0 aliphatic rings. The van der Waals surface area contributed by atoms with E-state index >= 15 is 0 Å². The predicted octanol–water partition coefficient (Wildman–Crippen LogP) is 2.66. The first kappa shape index (κ1) is 20.5. The van der Waals surface area contributed by atoms with Gasteiger partial charge in [0, 0.05) is 18.4 Å². The van der Waals surface area contributed by atoms with Crippen molar-refractivity contribution in [2.24, 2.45) is 0 Å². The highest BCUT2D eigenvalue weighted by molar-refractivity contribution is 5.95. The molecule has 3 N–H and O–H groups in total. The molecule has 0 atom stereocenters. The third kappa shape index (κ3) is 9.34. The van der Waals surface area contributed by atoms with Gasteiger partial charge >= 0.3 is 5.97 Å². The Morgan fingerprint density at radius 3 is 2.32 bits per heavy atom. The molecule has 0 unspecified atom stereocenters. The molecule has 1 aromatic carbocycles. The molecule has 138 valence electrons. The highest BCUT2D eigenvalue weighted by Crippen LogP contribution is 2.13. The van der Waals surface area contributed by atoms with Crippen LogP contribution in [0.3, 0.4) is 0 Å². The number of carbonyl (C=O) groups excluding carboxylic acids is 2. The van der Waals surface area contributed by atoms with Crippen molar-refractivity contribution in [1.29, 1.82) is 0 Å². The third-order valence-corrected chi connectivity index (χ3v) is 3.49. The van der Waals surface area contributed by atoms with Gasteiger partial charge in [-0.25, -0.2) is 0 Å². The molecule has 2 amide bonds. The van der Waals surface area contributed by atoms with Crippen LogP contribution < -0.4 is 15.6 Å². The maximum Gasteiger partial charge on any atom is 0.303 e. The predicted molar refractivity (Wildman–Crippen MR) is 93.2 cm³/mol.